The van der Waals surface area contributed by atoms with Gasteiger partial charge < -0.3 is 15.4 Å². The lowest BCUT2D eigenvalue weighted by Crippen LogP contribution is -2.51. The van der Waals surface area contributed by atoms with Crippen LogP contribution in [0.25, 0.3) is 0 Å². The second-order valence-electron chi connectivity index (χ2n) is 7.98. The predicted molar refractivity (Wildman–Crippen MR) is 100.0 cm³/mol. The Morgan fingerprint density at radius 2 is 1.75 bits per heavy atom. The van der Waals surface area contributed by atoms with Gasteiger partial charge in [0.1, 0.15) is 17.0 Å². The van der Waals surface area contributed by atoms with Gasteiger partial charge in [0.05, 0.1) is 12.2 Å². The fourth-order valence-electron chi connectivity index (χ4n) is 2.50. The topological polar surface area (TPSA) is 96.9 Å². The standard InChI is InChI=1S/C19H19F6N3O4/c1-16(2,14(30)26-8-18(21,22)19(23,24)25)15(31)28-12-13(29)27-10-7-9(20)5-6-11(10)32-17(12,3)4/h5-7H,8H2,1-4H3,(H,26,30)(H,27,29). The molecule has 0 bridgehead atoms. The molecule has 0 atom stereocenters. The Morgan fingerprint density at radius 1 is 1.16 bits per heavy atom. The molecule has 13 heteroatoms. The monoisotopic (exact) mass is 467 g/mol. The van der Waals surface area contributed by atoms with Crippen molar-refractivity contribution in [3.05, 3.63) is 24.0 Å². The number of nitrogens with one attached hydrogen (secondary N) is 2. The average molecular weight is 467 g/mol. The first-order valence-corrected chi connectivity index (χ1v) is 9.05. The quantitative estimate of drug-likeness (QED) is 0.525. The van der Waals surface area contributed by atoms with Crippen LogP contribution in [0.1, 0.15) is 27.7 Å². The highest BCUT2D eigenvalue weighted by Crippen LogP contribution is 2.35. The highest BCUT2D eigenvalue weighted by molar-refractivity contribution is 6.47. The van der Waals surface area contributed by atoms with E-state index in [9.17, 15) is 40.7 Å². The van der Waals surface area contributed by atoms with Crippen LogP contribution in [0.4, 0.5) is 32.0 Å². The second kappa shape index (κ2) is 8.10. The van der Waals surface area contributed by atoms with E-state index in [4.69, 9.17) is 4.74 Å². The van der Waals surface area contributed by atoms with Crippen LogP contribution >= 0.6 is 0 Å². The number of nitrogens with zero attached hydrogens (tertiary/aromatic N) is 1. The molecule has 0 unspecified atom stereocenters. The van der Waals surface area contributed by atoms with E-state index in [0.29, 0.717) is 0 Å². The average Bonchev–Trinajstić information content (AvgIpc) is 2.72. The van der Waals surface area contributed by atoms with Crippen LogP contribution in [-0.2, 0) is 14.4 Å². The number of carbonyl (C=O) groups excluding carboxylic acids is 3. The maximum Gasteiger partial charge on any atom is 0.455 e. The summed E-state index contributed by atoms with van der Waals surface area (Å²) in [6.45, 7) is 2.50. The maximum absolute atomic E-state index is 13.5. The van der Waals surface area contributed by atoms with E-state index in [2.05, 4.69) is 10.3 Å². The Labute approximate surface area is 178 Å². The number of hydrogen-bond donors (Lipinski definition) is 2. The van der Waals surface area contributed by atoms with Gasteiger partial charge >= 0.3 is 12.1 Å². The second-order valence-corrected chi connectivity index (χ2v) is 7.98. The smallest absolute Gasteiger partial charge is 0.455 e. The highest BCUT2D eigenvalue weighted by atomic mass is 19.4. The number of fused-ring (bicyclic) bond motifs is 1. The number of aliphatic imine (C=N–C) groups is 1. The van der Waals surface area contributed by atoms with E-state index in [1.54, 1.807) is 0 Å². The summed E-state index contributed by atoms with van der Waals surface area (Å²) in [6.07, 6.45) is -5.90. The Bertz CT molecular complexity index is 986. The largest absolute Gasteiger partial charge is 0.479 e. The van der Waals surface area contributed by atoms with Crippen LogP contribution in [0.3, 0.4) is 0 Å². The number of rotatable bonds is 4. The lowest BCUT2D eigenvalue weighted by Gasteiger charge is -2.26. The van der Waals surface area contributed by atoms with E-state index in [1.165, 1.54) is 25.2 Å². The number of ether oxygens (including phenoxy) is 1. The van der Waals surface area contributed by atoms with E-state index in [-0.39, 0.29) is 11.4 Å². The molecule has 0 radical (unpaired) electrons. The summed E-state index contributed by atoms with van der Waals surface area (Å²) in [5.74, 6) is -9.57. The summed E-state index contributed by atoms with van der Waals surface area (Å²) in [5, 5.41) is 3.69. The van der Waals surface area contributed by atoms with Crippen LogP contribution in [0, 0.1) is 11.2 Å². The Hall–Kier alpha value is -3.12. The van der Waals surface area contributed by atoms with Crippen molar-refractivity contribution in [2.75, 3.05) is 11.9 Å². The molecular formula is C19H19F6N3O4. The van der Waals surface area contributed by atoms with Crippen LogP contribution in [-0.4, -0.2) is 47.7 Å². The summed E-state index contributed by atoms with van der Waals surface area (Å²) >= 11 is 0. The minimum absolute atomic E-state index is 0.0490. The van der Waals surface area contributed by atoms with Gasteiger partial charge in [-0.25, -0.2) is 9.38 Å². The van der Waals surface area contributed by atoms with Gasteiger partial charge in [0, 0.05) is 6.07 Å². The molecule has 0 spiro atoms. The van der Waals surface area contributed by atoms with Crippen LogP contribution in [0.2, 0.25) is 0 Å². The minimum Gasteiger partial charge on any atom is -0.479 e. The Kier molecular flexibility index (Phi) is 6.36. The Morgan fingerprint density at radius 3 is 2.31 bits per heavy atom. The lowest BCUT2D eigenvalue weighted by atomic mass is 9.90. The molecule has 32 heavy (non-hydrogen) atoms. The number of anilines is 1. The molecule has 0 aliphatic carbocycles. The molecule has 1 aliphatic rings. The van der Waals surface area contributed by atoms with Crippen LogP contribution in [0.15, 0.2) is 23.2 Å². The summed E-state index contributed by atoms with van der Waals surface area (Å²) in [7, 11) is 0. The molecule has 176 valence electrons. The molecular weight excluding hydrogens is 448 g/mol. The molecule has 0 fully saturated rings. The summed E-state index contributed by atoms with van der Waals surface area (Å²) in [4.78, 5) is 41.0. The molecule has 2 rings (SSSR count). The van der Waals surface area contributed by atoms with Gasteiger partial charge in [-0.15, -0.1) is 0 Å². The van der Waals surface area contributed by atoms with Gasteiger partial charge in [-0.3, -0.25) is 14.4 Å². The molecule has 7 nitrogen and oxygen atoms in total. The maximum atomic E-state index is 13.5. The molecule has 0 saturated carbocycles. The zero-order valence-corrected chi connectivity index (χ0v) is 17.3. The van der Waals surface area contributed by atoms with Crippen LogP contribution < -0.4 is 15.4 Å². The number of alkyl halides is 5. The highest BCUT2D eigenvalue weighted by Gasteiger charge is 2.57. The lowest BCUT2D eigenvalue weighted by molar-refractivity contribution is -0.278. The van der Waals surface area contributed by atoms with Gasteiger partial charge in [-0.1, -0.05) is 0 Å². The summed E-state index contributed by atoms with van der Waals surface area (Å²) in [6, 6.07) is 3.26. The van der Waals surface area contributed by atoms with E-state index in [0.717, 1.165) is 26.0 Å². The third-order valence-electron chi connectivity index (χ3n) is 4.54. The van der Waals surface area contributed by atoms with Crippen molar-refractivity contribution in [2.45, 2.75) is 45.4 Å². The number of benzene rings is 1. The number of halogens is 6. The van der Waals surface area contributed by atoms with Crippen molar-refractivity contribution in [2.24, 2.45) is 10.4 Å². The van der Waals surface area contributed by atoms with Crippen LogP contribution in [0.5, 0.6) is 5.75 Å². The fourth-order valence-corrected chi connectivity index (χ4v) is 2.50. The van der Waals surface area contributed by atoms with E-state index < -0.39 is 58.9 Å². The molecule has 1 aromatic rings. The SMILES string of the molecule is CC1(C)Oc2ccc(F)cc2NC(=O)C1=NC(=O)C(C)(C)C(=O)NCC(F)(F)C(F)(F)F. The van der Waals surface area contributed by atoms with Gasteiger partial charge in [0.25, 0.3) is 11.8 Å². The molecule has 0 saturated heterocycles. The number of hydrogen-bond acceptors (Lipinski definition) is 4. The van der Waals surface area contributed by atoms with Gasteiger partial charge in [0.2, 0.25) is 5.91 Å². The third-order valence-corrected chi connectivity index (χ3v) is 4.54. The Balaban J connectivity index is 2.28. The van der Waals surface area contributed by atoms with Crippen molar-refractivity contribution >= 4 is 29.1 Å². The first-order chi connectivity index (χ1) is 14.4. The van der Waals surface area contributed by atoms with Crippen molar-refractivity contribution in [3.8, 4) is 5.75 Å². The van der Waals surface area contributed by atoms with E-state index in [1.807, 2.05) is 0 Å². The molecule has 1 aromatic carbocycles. The summed E-state index contributed by atoms with van der Waals surface area (Å²) in [5.41, 5.74) is -4.35. The molecule has 0 aromatic heterocycles. The van der Waals surface area contributed by atoms with Gasteiger partial charge in [0.15, 0.2) is 11.3 Å². The summed E-state index contributed by atoms with van der Waals surface area (Å²) < 4.78 is 82.1. The zero-order chi connectivity index (χ0) is 24.7. The first kappa shape index (κ1) is 25.1. The molecule has 1 aliphatic heterocycles. The van der Waals surface area contributed by atoms with Crippen molar-refractivity contribution in [1.82, 2.24) is 5.32 Å². The first-order valence-electron chi connectivity index (χ1n) is 9.05. The fraction of sp³-hybridized carbons (Fsp3) is 0.474. The van der Waals surface area contributed by atoms with E-state index >= 15 is 0 Å². The van der Waals surface area contributed by atoms with Crippen molar-refractivity contribution in [3.63, 3.8) is 0 Å². The predicted octanol–water partition coefficient (Wildman–Crippen LogP) is 3.24. The van der Waals surface area contributed by atoms with Gasteiger partial charge in [-0.05, 0) is 39.8 Å². The number of carbonyl (C=O) groups is 3. The molecule has 3 amide bonds. The minimum atomic E-state index is -5.90. The normalized spacial score (nSPS) is 17.7. The molecule has 1 heterocycles. The van der Waals surface area contributed by atoms with Crippen molar-refractivity contribution in [1.29, 1.82) is 0 Å². The number of amides is 3. The van der Waals surface area contributed by atoms with Gasteiger partial charge in [-0.2, -0.15) is 22.0 Å². The van der Waals surface area contributed by atoms with Crippen molar-refractivity contribution < 1.29 is 45.5 Å². The third kappa shape index (κ3) is 5.02. The molecule has 2 N–H and O–H groups in total. The zero-order valence-electron chi connectivity index (χ0n) is 17.3.